The fourth-order valence-corrected chi connectivity index (χ4v) is 8.81. The lowest BCUT2D eigenvalue weighted by Crippen LogP contribution is -2.42. The van der Waals surface area contributed by atoms with E-state index < -0.39 is 6.04 Å². The van der Waals surface area contributed by atoms with Gasteiger partial charge in [0.05, 0.1) is 25.7 Å². The molecule has 0 aromatic rings. The predicted octanol–water partition coefficient (Wildman–Crippen LogP) is 7.30. The minimum Gasteiger partial charge on any atom is -0.359 e. The van der Waals surface area contributed by atoms with Crippen LogP contribution in [0.3, 0.4) is 0 Å². The number of hydrogen-bond donors (Lipinski definition) is 7. The Morgan fingerprint density at radius 3 is 1.02 bits per heavy atom. The fourth-order valence-electron chi connectivity index (χ4n) is 8.81. The van der Waals surface area contributed by atoms with Crippen LogP contribution >= 0.6 is 0 Å². The summed E-state index contributed by atoms with van der Waals surface area (Å²) in [5.74, 6) is -0.00288. The van der Waals surface area contributed by atoms with Crippen molar-refractivity contribution in [2.45, 2.75) is 258 Å². The topological polar surface area (TPSA) is 292 Å². The number of ketones is 5. The van der Waals surface area contributed by atoms with Crippen molar-refractivity contribution in [2.75, 3.05) is 60.4 Å². The fraction of sp³-hybridized carbons (Fsp3) is 0.803. The number of rotatable bonds is 54. The first kappa shape index (κ1) is 77.7. The number of nitrogens with zero attached hydrogens (tertiary/aromatic N) is 1. The third-order valence-corrected chi connectivity index (χ3v) is 13.8. The normalized spacial score (nSPS) is 11.1. The zero-order valence-corrected chi connectivity index (χ0v) is 51.1. The summed E-state index contributed by atoms with van der Waals surface area (Å²) in [5, 5.41) is 19.1. The molecule has 0 bridgehead atoms. The molecule has 0 saturated heterocycles. The van der Waals surface area contributed by atoms with Crippen LogP contribution in [0.1, 0.15) is 252 Å². The Labute approximate surface area is 486 Å². The molecule has 7 N–H and O–H groups in total. The first-order valence-corrected chi connectivity index (χ1v) is 30.9. The van der Waals surface area contributed by atoms with Crippen LogP contribution < -0.4 is 37.2 Å². The molecule has 20 nitrogen and oxygen atoms in total. The molecule has 466 valence electrons. The lowest BCUT2D eigenvalue weighted by molar-refractivity contribution is -0.128. The Kier molecular flexibility index (Phi) is 52.9. The Morgan fingerprint density at radius 2 is 0.642 bits per heavy atom. The number of amides is 7. The van der Waals surface area contributed by atoms with Gasteiger partial charge in [-0.05, 0) is 96.3 Å². The molecule has 0 fully saturated rings. The molecule has 0 spiro atoms. The number of hydrogen-bond acceptors (Lipinski definition) is 13. The summed E-state index contributed by atoms with van der Waals surface area (Å²) in [6.45, 7) is 6.42. The summed E-state index contributed by atoms with van der Waals surface area (Å²) in [5.41, 5.74) is 0. The molecule has 7 amide bonds. The van der Waals surface area contributed by atoms with Crippen molar-refractivity contribution >= 4 is 70.3 Å². The largest absolute Gasteiger partial charge is 0.359 e. The van der Waals surface area contributed by atoms with E-state index >= 15 is 0 Å². The minimum atomic E-state index is -0.585. The van der Waals surface area contributed by atoms with Gasteiger partial charge in [0.15, 0.2) is 5.78 Å². The molecule has 81 heavy (non-hydrogen) atoms. The number of Topliss-reactive ketones (excluding diaryl/α,β-unsaturated/α-hetero) is 5. The molecule has 0 aromatic carbocycles. The summed E-state index contributed by atoms with van der Waals surface area (Å²) in [7, 11) is 4.87. The van der Waals surface area contributed by atoms with Gasteiger partial charge in [0, 0.05) is 125 Å². The lowest BCUT2D eigenvalue weighted by atomic mass is 9.99. The second-order valence-electron chi connectivity index (χ2n) is 21.3. The monoisotopic (exact) mass is 1150 g/mol. The Bertz CT molecular complexity index is 1770. The molecule has 0 aromatic heterocycles. The molecule has 1 atom stereocenters. The van der Waals surface area contributed by atoms with E-state index in [0.29, 0.717) is 135 Å². The number of carbonyl (C=O) groups is 12. The molecule has 0 heterocycles. The van der Waals surface area contributed by atoms with Crippen LogP contribution in [-0.2, 0) is 57.5 Å². The first-order chi connectivity index (χ1) is 38.9. The predicted molar refractivity (Wildman–Crippen MR) is 318 cm³/mol. The highest BCUT2D eigenvalue weighted by Gasteiger charge is 2.21. The van der Waals surface area contributed by atoms with Crippen molar-refractivity contribution in [2.24, 2.45) is 0 Å². The lowest BCUT2D eigenvalue weighted by Gasteiger charge is -2.20. The molecule has 0 aliphatic rings. The summed E-state index contributed by atoms with van der Waals surface area (Å²) in [6, 6.07) is -0.585. The maximum Gasteiger partial charge on any atom is 0.234 e. The molecule has 0 saturated carbocycles. The van der Waals surface area contributed by atoms with Crippen LogP contribution in [0.25, 0.3) is 0 Å². The standard InChI is InChI=1S/C45H80N6O9.C16H30N2O3/c1-5-37(53)23-15-12-21-32-49-45(60)35-51(33-38(54)24-13-6-9-17-28-42(57)46-3)34-39(55)25-14-7-10-19-30-44(59)50-40(26-20-22-31-48-36(2)52)41(56)27-16-8-11-18-29-43(58)47-4;1-14(19)18-13-9-5-7-11-15(20)10-6-3-4-8-12-16(21)17-2/h40H,5-35H2,1-4H3,(H,46,57)(H,47,58)(H,48,52)(H,49,60)(H,50,59);3-13H2,1-2H3,(H,17,21)(H,18,19). The van der Waals surface area contributed by atoms with Gasteiger partial charge in [-0.2, -0.15) is 0 Å². The third kappa shape index (κ3) is 54.9. The van der Waals surface area contributed by atoms with Crippen LogP contribution in [0, 0.1) is 0 Å². The van der Waals surface area contributed by atoms with Gasteiger partial charge >= 0.3 is 0 Å². The van der Waals surface area contributed by atoms with Gasteiger partial charge in [-0.15, -0.1) is 0 Å². The SMILES string of the molecule is CCC(=O)CCCCCNC(=O)CN(CC(=O)CCCCCCC(=O)NC)CC(=O)CCCCCCC(=O)NC(CCCCNC(C)=O)C(=O)CCCCCCC(=O)NC.CNC(=O)CCCCCCC(=O)CCCCCNC(C)=O. The number of carbonyl (C=O) groups excluding carboxylic acids is 12. The van der Waals surface area contributed by atoms with E-state index in [1.807, 2.05) is 6.92 Å². The van der Waals surface area contributed by atoms with Crippen LogP contribution in [0.2, 0.25) is 0 Å². The van der Waals surface area contributed by atoms with E-state index in [-0.39, 0.29) is 90.5 Å². The number of nitrogens with one attached hydrogen (secondary N) is 7. The van der Waals surface area contributed by atoms with Gasteiger partial charge in [0.25, 0.3) is 0 Å². The zero-order valence-electron chi connectivity index (χ0n) is 51.1. The summed E-state index contributed by atoms with van der Waals surface area (Å²) >= 11 is 0. The van der Waals surface area contributed by atoms with Gasteiger partial charge in [-0.25, -0.2) is 0 Å². The van der Waals surface area contributed by atoms with Crippen LogP contribution in [0.4, 0.5) is 0 Å². The van der Waals surface area contributed by atoms with Gasteiger partial charge in [-0.1, -0.05) is 71.1 Å². The molecule has 20 heteroatoms. The van der Waals surface area contributed by atoms with Gasteiger partial charge < -0.3 is 37.2 Å². The second kappa shape index (κ2) is 55.2. The van der Waals surface area contributed by atoms with Crippen molar-refractivity contribution in [3.8, 4) is 0 Å². The average molecular weight is 1150 g/mol. The van der Waals surface area contributed by atoms with Gasteiger partial charge in [0.2, 0.25) is 41.4 Å². The van der Waals surface area contributed by atoms with Crippen molar-refractivity contribution < 1.29 is 57.5 Å². The maximum absolute atomic E-state index is 13.1. The molecular formula is C61H110N8O12. The molecule has 0 radical (unpaired) electrons. The van der Waals surface area contributed by atoms with E-state index in [0.717, 1.165) is 116 Å². The molecule has 0 rings (SSSR count). The first-order valence-electron chi connectivity index (χ1n) is 30.9. The average Bonchev–Trinajstić information content (AvgIpc) is 3.43. The van der Waals surface area contributed by atoms with E-state index in [9.17, 15) is 57.5 Å². The Balaban J connectivity index is 0. The van der Waals surface area contributed by atoms with Crippen LogP contribution in [0.15, 0.2) is 0 Å². The number of unbranched alkanes of at least 4 members (excludes halogenated alkanes) is 17. The van der Waals surface area contributed by atoms with Crippen LogP contribution in [-0.4, -0.2) is 142 Å². The summed E-state index contributed by atoms with van der Waals surface area (Å²) in [6.07, 6.45) is 25.0. The van der Waals surface area contributed by atoms with Crippen molar-refractivity contribution in [3.05, 3.63) is 0 Å². The van der Waals surface area contributed by atoms with Gasteiger partial charge in [0.1, 0.15) is 23.1 Å². The zero-order chi connectivity index (χ0) is 60.7. The van der Waals surface area contributed by atoms with Crippen LogP contribution in [0.5, 0.6) is 0 Å². The summed E-state index contributed by atoms with van der Waals surface area (Å²) < 4.78 is 0. The molecule has 0 aliphatic heterocycles. The Hall–Kier alpha value is -5.40. The Morgan fingerprint density at radius 1 is 0.321 bits per heavy atom. The van der Waals surface area contributed by atoms with E-state index in [1.54, 1.807) is 26.0 Å². The maximum atomic E-state index is 13.1. The van der Waals surface area contributed by atoms with E-state index in [1.165, 1.54) is 13.8 Å². The molecule has 1 unspecified atom stereocenters. The smallest absolute Gasteiger partial charge is 0.234 e. The highest BCUT2D eigenvalue weighted by atomic mass is 16.2. The van der Waals surface area contributed by atoms with Crippen molar-refractivity contribution in [1.29, 1.82) is 0 Å². The van der Waals surface area contributed by atoms with E-state index in [4.69, 9.17) is 0 Å². The molecular weight excluding hydrogens is 1040 g/mol. The van der Waals surface area contributed by atoms with Crippen molar-refractivity contribution in [3.63, 3.8) is 0 Å². The van der Waals surface area contributed by atoms with E-state index in [2.05, 4.69) is 37.2 Å². The highest BCUT2D eigenvalue weighted by molar-refractivity contribution is 5.89. The van der Waals surface area contributed by atoms with Crippen molar-refractivity contribution in [1.82, 2.24) is 42.1 Å². The second-order valence-corrected chi connectivity index (χ2v) is 21.3. The quantitative estimate of drug-likeness (QED) is 0.0295. The highest BCUT2D eigenvalue weighted by Crippen LogP contribution is 2.14. The summed E-state index contributed by atoms with van der Waals surface area (Å²) in [4.78, 5) is 145. The third-order valence-electron chi connectivity index (χ3n) is 13.8. The minimum absolute atomic E-state index is 0.00231. The molecule has 0 aliphatic carbocycles. The van der Waals surface area contributed by atoms with Gasteiger partial charge in [-0.3, -0.25) is 62.4 Å².